The van der Waals surface area contributed by atoms with Crippen LogP contribution in [0.15, 0.2) is 28.8 Å². The van der Waals surface area contributed by atoms with Crippen LogP contribution in [0.4, 0.5) is 5.69 Å². The van der Waals surface area contributed by atoms with Crippen LogP contribution in [0.25, 0.3) is 0 Å². The molecule has 1 saturated heterocycles. The average Bonchev–Trinajstić information content (AvgIpc) is 3.15. The van der Waals surface area contributed by atoms with Gasteiger partial charge in [-0.15, -0.1) is 0 Å². The van der Waals surface area contributed by atoms with Crippen LogP contribution in [0, 0.1) is 0 Å². The number of ether oxygens (including phenoxy) is 3. The summed E-state index contributed by atoms with van der Waals surface area (Å²) in [4.78, 5) is 4.41. The van der Waals surface area contributed by atoms with E-state index in [2.05, 4.69) is 16.4 Å². The normalized spacial score (nSPS) is 20.8. The Hall–Kier alpha value is -2.05. The van der Waals surface area contributed by atoms with Crippen LogP contribution in [0.5, 0.6) is 5.75 Å². The van der Waals surface area contributed by atoms with Gasteiger partial charge in [0.2, 0.25) is 5.89 Å². The van der Waals surface area contributed by atoms with Gasteiger partial charge in [0.05, 0.1) is 31.1 Å². The number of methoxy groups -OCH3 is 1. The highest BCUT2D eigenvalue weighted by Crippen LogP contribution is 2.39. The minimum atomic E-state index is 0.0901. The SMILES string of the molecule is COC1CCOc2c(NCc3ncc(C4CCOCC4)o3)cccc21. The molecule has 2 aliphatic rings. The number of anilines is 1. The second-order valence-electron chi connectivity index (χ2n) is 6.48. The Morgan fingerprint density at radius 2 is 2.08 bits per heavy atom. The van der Waals surface area contributed by atoms with Gasteiger partial charge in [0.15, 0.2) is 0 Å². The third kappa shape index (κ3) is 3.50. The zero-order valence-electron chi connectivity index (χ0n) is 14.5. The number of fused-ring (bicyclic) bond motifs is 1. The Morgan fingerprint density at radius 1 is 1.20 bits per heavy atom. The van der Waals surface area contributed by atoms with Gasteiger partial charge in [-0.3, -0.25) is 0 Å². The van der Waals surface area contributed by atoms with E-state index in [1.807, 2.05) is 18.3 Å². The van der Waals surface area contributed by atoms with Crippen molar-refractivity contribution in [2.45, 2.75) is 37.8 Å². The summed E-state index contributed by atoms with van der Waals surface area (Å²) in [6, 6.07) is 6.09. The largest absolute Gasteiger partial charge is 0.491 e. The second kappa shape index (κ2) is 7.45. The van der Waals surface area contributed by atoms with Crippen LogP contribution >= 0.6 is 0 Å². The maximum absolute atomic E-state index is 5.94. The predicted octanol–water partition coefficient (Wildman–Crippen LogP) is 3.65. The Labute approximate surface area is 147 Å². The zero-order chi connectivity index (χ0) is 17.1. The molecule has 1 N–H and O–H groups in total. The molecule has 6 nitrogen and oxygen atoms in total. The number of oxazole rings is 1. The van der Waals surface area contributed by atoms with Crippen LogP contribution in [-0.4, -0.2) is 31.9 Å². The molecule has 2 aliphatic heterocycles. The molecule has 6 heteroatoms. The summed E-state index contributed by atoms with van der Waals surface area (Å²) < 4.78 is 22.8. The fraction of sp³-hybridized carbons (Fsp3) is 0.526. The van der Waals surface area contributed by atoms with E-state index in [1.54, 1.807) is 7.11 Å². The summed E-state index contributed by atoms with van der Waals surface area (Å²) in [6.45, 7) is 2.79. The van der Waals surface area contributed by atoms with Crippen molar-refractivity contribution in [2.75, 3.05) is 32.2 Å². The standard InChI is InChI=1S/C19H24N2O4/c1-22-16-7-10-24-19-14(16)3-2-4-15(19)20-12-18-21-11-17(25-18)13-5-8-23-9-6-13/h2-4,11,13,16,20H,5-10,12H2,1H3. The topological polar surface area (TPSA) is 65.8 Å². The molecule has 1 aromatic heterocycles. The maximum atomic E-state index is 5.94. The average molecular weight is 344 g/mol. The summed E-state index contributed by atoms with van der Waals surface area (Å²) >= 11 is 0. The van der Waals surface area contributed by atoms with E-state index in [0.29, 0.717) is 25.0 Å². The summed E-state index contributed by atoms with van der Waals surface area (Å²) in [5.41, 5.74) is 2.04. The van der Waals surface area contributed by atoms with Crippen LogP contribution in [0.1, 0.15) is 48.5 Å². The zero-order valence-corrected chi connectivity index (χ0v) is 14.5. The Balaban J connectivity index is 1.44. The van der Waals surface area contributed by atoms with Crippen molar-refractivity contribution in [1.82, 2.24) is 4.98 Å². The lowest BCUT2D eigenvalue weighted by atomic mass is 9.98. The van der Waals surface area contributed by atoms with Gasteiger partial charge in [0, 0.05) is 38.2 Å². The fourth-order valence-electron chi connectivity index (χ4n) is 3.52. The summed E-state index contributed by atoms with van der Waals surface area (Å²) in [6.07, 6.45) is 4.82. The van der Waals surface area contributed by atoms with Crippen LogP contribution in [0.3, 0.4) is 0 Å². The van der Waals surface area contributed by atoms with Gasteiger partial charge in [-0.25, -0.2) is 4.98 Å². The third-order valence-corrected chi connectivity index (χ3v) is 4.93. The van der Waals surface area contributed by atoms with Gasteiger partial charge in [0.1, 0.15) is 11.5 Å². The molecule has 134 valence electrons. The number of hydrogen-bond acceptors (Lipinski definition) is 6. The molecule has 0 bridgehead atoms. The lowest BCUT2D eigenvalue weighted by molar-refractivity contribution is 0.0639. The van der Waals surface area contributed by atoms with Crippen molar-refractivity contribution < 1.29 is 18.6 Å². The number of para-hydroxylation sites is 1. The molecular formula is C19H24N2O4. The van der Waals surface area contributed by atoms with E-state index in [9.17, 15) is 0 Å². The number of nitrogens with zero attached hydrogens (tertiary/aromatic N) is 1. The Kier molecular flexibility index (Phi) is 4.90. The number of benzene rings is 1. The van der Waals surface area contributed by atoms with Gasteiger partial charge in [-0.1, -0.05) is 12.1 Å². The third-order valence-electron chi connectivity index (χ3n) is 4.93. The highest BCUT2D eigenvalue weighted by molar-refractivity contribution is 5.61. The van der Waals surface area contributed by atoms with E-state index in [4.69, 9.17) is 18.6 Å². The first-order chi connectivity index (χ1) is 12.3. The van der Waals surface area contributed by atoms with E-state index in [1.165, 1.54) is 0 Å². The molecule has 1 atom stereocenters. The summed E-state index contributed by atoms with van der Waals surface area (Å²) in [7, 11) is 1.74. The van der Waals surface area contributed by atoms with E-state index < -0.39 is 0 Å². The molecule has 2 aromatic rings. The maximum Gasteiger partial charge on any atom is 0.213 e. The molecule has 0 spiro atoms. The van der Waals surface area contributed by atoms with E-state index in [0.717, 1.165) is 55.2 Å². The molecule has 0 saturated carbocycles. The minimum absolute atomic E-state index is 0.0901. The van der Waals surface area contributed by atoms with Crippen molar-refractivity contribution in [3.63, 3.8) is 0 Å². The van der Waals surface area contributed by atoms with E-state index in [-0.39, 0.29) is 6.10 Å². The van der Waals surface area contributed by atoms with E-state index >= 15 is 0 Å². The summed E-state index contributed by atoms with van der Waals surface area (Å²) in [5.74, 6) is 2.95. The van der Waals surface area contributed by atoms with Gasteiger partial charge in [-0.05, 0) is 18.9 Å². The Morgan fingerprint density at radius 3 is 2.92 bits per heavy atom. The molecule has 3 heterocycles. The molecule has 25 heavy (non-hydrogen) atoms. The quantitative estimate of drug-likeness (QED) is 0.893. The first-order valence-corrected chi connectivity index (χ1v) is 8.90. The molecule has 1 fully saturated rings. The molecule has 0 aliphatic carbocycles. The van der Waals surface area contributed by atoms with Crippen molar-refractivity contribution in [3.05, 3.63) is 41.6 Å². The lowest BCUT2D eigenvalue weighted by Gasteiger charge is -2.26. The van der Waals surface area contributed by atoms with Gasteiger partial charge in [0.25, 0.3) is 0 Å². The number of hydrogen-bond donors (Lipinski definition) is 1. The minimum Gasteiger partial charge on any atom is -0.491 e. The first-order valence-electron chi connectivity index (χ1n) is 8.90. The monoisotopic (exact) mass is 344 g/mol. The smallest absolute Gasteiger partial charge is 0.213 e. The van der Waals surface area contributed by atoms with Crippen LogP contribution < -0.4 is 10.1 Å². The lowest BCUT2D eigenvalue weighted by Crippen LogP contribution is -2.17. The fourth-order valence-corrected chi connectivity index (χ4v) is 3.52. The van der Waals surface area contributed by atoms with Crippen molar-refractivity contribution in [1.29, 1.82) is 0 Å². The Bertz CT molecular complexity index is 709. The number of aromatic nitrogens is 1. The van der Waals surface area contributed by atoms with Crippen molar-refractivity contribution in [3.8, 4) is 5.75 Å². The number of nitrogens with one attached hydrogen (secondary N) is 1. The number of rotatable bonds is 5. The molecular weight excluding hydrogens is 320 g/mol. The van der Waals surface area contributed by atoms with Crippen LogP contribution in [0.2, 0.25) is 0 Å². The van der Waals surface area contributed by atoms with Crippen LogP contribution in [-0.2, 0) is 16.0 Å². The highest BCUT2D eigenvalue weighted by Gasteiger charge is 2.24. The molecule has 0 radical (unpaired) electrons. The van der Waals surface area contributed by atoms with Gasteiger partial charge in [-0.2, -0.15) is 0 Å². The van der Waals surface area contributed by atoms with Crippen molar-refractivity contribution >= 4 is 5.69 Å². The first kappa shape index (κ1) is 16.4. The van der Waals surface area contributed by atoms with Crippen molar-refractivity contribution in [2.24, 2.45) is 0 Å². The second-order valence-corrected chi connectivity index (χ2v) is 6.48. The molecule has 1 aromatic carbocycles. The van der Waals surface area contributed by atoms with Gasteiger partial charge >= 0.3 is 0 Å². The highest BCUT2D eigenvalue weighted by atomic mass is 16.5. The molecule has 4 rings (SSSR count). The predicted molar refractivity (Wildman–Crippen MR) is 92.9 cm³/mol. The molecule has 1 unspecified atom stereocenters. The molecule has 0 amide bonds. The summed E-state index contributed by atoms with van der Waals surface area (Å²) in [5, 5.41) is 3.39. The van der Waals surface area contributed by atoms with Gasteiger partial charge < -0.3 is 23.9 Å².